The number of anilines is 1. The summed E-state index contributed by atoms with van der Waals surface area (Å²) in [5.41, 5.74) is 6.38. The Morgan fingerprint density at radius 3 is 2.79 bits per heavy atom. The van der Waals surface area contributed by atoms with Crippen LogP contribution in [0.3, 0.4) is 0 Å². The molecule has 0 aliphatic rings. The Hall–Kier alpha value is -1.49. The van der Waals surface area contributed by atoms with Crippen LogP contribution in [-0.4, -0.2) is 9.36 Å². The Morgan fingerprint density at radius 2 is 2.21 bits per heavy atom. The highest BCUT2D eigenvalue weighted by molar-refractivity contribution is 7.09. The van der Waals surface area contributed by atoms with E-state index in [2.05, 4.69) is 9.36 Å². The highest BCUT2D eigenvalue weighted by Gasteiger charge is 2.06. The summed E-state index contributed by atoms with van der Waals surface area (Å²) in [6, 6.07) is 4.54. The number of halogens is 1. The Balaban J connectivity index is 2.47. The third kappa shape index (κ3) is 1.58. The van der Waals surface area contributed by atoms with Crippen LogP contribution in [0.2, 0.25) is 0 Å². The molecule has 0 radical (unpaired) electrons. The minimum absolute atomic E-state index is 0.135. The van der Waals surface area contributed by atoms with Crippen LogP contribution < -0.4 is 5.73 Å². The van der Waals surface area contributed by atoms with Crippen LogP contribution in [0.4, 0.5) is 10.1 Å². The first-order valence-electron chi connectivity index (χ1n) is 4.02. The molecule has 2 rings (SSSR count). The van der Waals surface area contributed by atoms with Crippen molar-refractivity contribution in [1.29, 1.82) is 0 Å². The fourth-order valence-corrected chi connectivity index (χ4v) is 1.76. The molecule has 0 saturated carbocycles. The van der Waals surface area contributed by atoms with Crippen molar-refractivity contribution in [2.75, 3.05) is 5.73 Å². The average Bonchev–Trinajstić information content (AvgIpc) is 2.57. The largest absolute Gasteiger partial charge is 0.396 e. The van der Waals surface area contributed by atoms with E-state index in [0.29, 0.717) is 5.82 Å². The van der Waals surface area contributed by atoms with E-state index in [9.17, 15) is 4.39 Å². The van der Waals surface area contributed by atoms with Crippen molar-refractivity contribution in [1.82, 2.24) is 9.36 Å². The zero-order valence-electron chi connectivity index (χ0n) is 7.49. The summed E-state index contributed by atoms with van der Waals surface area (Å²) in [7, 11) is 0. The zero-order chi connectivity index (χ0) is 10.1. The maximum absolute atomic E-state index is 12.9. The first kappa shape index (κ1) is 9.08. The molecule has 2 N–H and O–H groups in total. The molecule has 0 aliphatic carbocycles. The van der Waals surface area contributed by atoms with Crippen LogP contribution >= 0.6 is 11.5 Å². The molecule has 0 fully saturated rings. The third-order valence-electron chi connectivity index (χ3n) is 1.77. The van der Waals surface area contributed by atoms with Gasteiger partial charge in [0.15, 0.2) is 0 Å². The lowest BCUT2D eigenvalue weighted by Gasteiger charge is -1.98. The average molecular weight is 209 g/mol. The number of hydrogen-bond donors (Lipinski definition) is 1. The zero-order valence-corrected chi connectivity index (χ0v) is 8.31. The Labute approximate surface area is 84.6 Å². The van der Waals surface area contributed by atoms with Crippen molar-refractivity contribution in [2.24, 2.45) is 0 Å². The van der Waals surface area contributed by atoms with E-state index in [1.165, 1.54) is 17.6 Å². The van der Waals surface area contributed by atoms with Gasteiger partial charge in [-0.2, -0.15) is 4.37 Å². The summed E-state index contributed by atoms with van der Waals surface area (Å²) in [5, 5.41) is 0.759. The van der Waals surface area contributed by atoms with Crippen molar-refractivity contribution >= 4 is 17.2 Å². The standard InChI is InChI=1S/C9H8FN3S/c1-5-12-9(14-13-5)6-2-3-7(10)8(11)4-6/h2-4H,11H2,1H3. The molecule has 5 heteroatoms. The molecule has 0 saturated heterocycles. The van der Waals surface area contributed by atoms with E-state index >= 15 is 0 Å². The Morgan fingerprint density at radius 1 is 1.43 bits per heavy atom. The van der Waals surface area contributed by atoms with Crippen LogP contribution in [-0.2, 0) is 0 Å². The van der Waals surface area contributed by atoms with Gasteiger partial charge in [-0.3, -0.25) is 0 Å². The smallest absolute Gasteiger partial charge is 0.146 e. The fraction of sp³-hybridized carbons (Fsp3) is 0.111. The number of aromatic nitrogens is 2. The number of hydrogen-bond acceptors (Lipinski definition) is 4. The van der Waals surface area contributed by atoms with Gasteiger partial charge in [-0.05, 0) is 36.7 Å². The van der Waals surface area contributed by atoms with Gasteiger partial charge in [0, 0.05) is 5.56 Å². The molecule has 1 heterocycles. The van der Waals surface area contributed by atoms with Gasteiger partial charge >= 0.3 is 0 Å². The van der Waals surface area contributed by atoms with Gasteiger partial charge < -0.3 is 5.73 Å². The highest BCUT2D eigenvalue weighted by Crippen LogP contribution is 2.24. The summed E-state index contributed by atoms with van der Waals surface area (Å²) in [5.74, 6) is 0.308. The first-order valence-corrected chi connectivity index (χ1v) is 4.80. The number of nitrogen functional groups attached to an aromatic ring is 1. The molecule has 1 aromatic carbocycles. The van der Waals surface area contributed by atoms with Gasteiger partial charge in [0.25, 0.3) is 0 Å². The Kier molecular flexibility index (Phi) is 2.17. The van der Waals surface area contributed by atoms with Gasteiger partial charge in [-0.1, -0.05) is 0 Å². The second kappa shape index (κ2) is 3.34. The molecule has 0 atom stereocenters. The molecular formula is C9H8FN3S. The molecule has 1 aromatic heterocycles. The number of aryl methyl sites for hydroxylation is 1. The Bertz CT molecular complexity index is 467. The number of nitrogens with zero attached hydrogens (tertiary/aromatic N) is 2. The van der Waals surface area contributed by atoms with E-state index in [4.69, 9.17) is 5.73 Å². The molecule has 0 unspecified atom stereocenters. The van der Waals surface area contributed by atoms with Crippen LogP contribution in [0.5, 0.6) is 0 Å². The monoisotopic (exact) mass is 209 g/mol. The number of rotatable bonds is 1. The summed E-state index contributed by atoms with van der Waals surface area (Å²) in [4.78, 5) is 4.18. The van der Waals surface area contributed by atoms with Crippen LogP contribution in [0, 0.1) is 12.7 Å². The summed E-state index contributed by atoms with van der Waals surface area (Å²) < 4.78 is 16.9. The lowest BCUT2D eigenvalue weighted by molar-refractivity contribution is 0.632. The normalized spacial score (nSPS) is 10.4. The minimum Gasteiger partial charge on any atom is -0.396 e. The molecule has 2 aromatic rings. The van der Waals surface area contributed by atoms with Crippen molar-refractivity contribution in [3.63, 3.8) is 0 Å². The van der Waals surface area contributed by atoms with Gasteiger partial charge in [0.05, 0.1) is 5.69 Å². The van der Waals surface area contributed by atoms with Gasteiger partial charge in [-0.25, -0.2) is 9.37 Å². The van der Waals surface area contributed by atoms with Crippen LogP contribution in [0.15, 0.2) is 18.2 Å². The summed E-state index contributed by atoms with van der Waals surface area (Å²) >= 11 is 1.28. The van der Waals surface area contributed by atoms with Crippen molar-refractivity contribution in [3.8, 4) is 10.6 Å². The molecular weight excluding hydrogens is 201 g/mol. The van der Waals surface area contributed by atoms with Crippen LogP contribution in [0.1, 0.15) is 5.82 Å². The van der Waals surface area contributed by atoms with Gasteiger partial charge in [0.1, 0.15) is 16.6 Å². The topological polar surface area (TPSA) is 51.8 Å². The number of benzene rings is 1. The van der Waals surface area contributed by atoms with Crippen LogP contribution in [0.25, 0.3) is 10.6 Å². The lowest BCUT2D eigenvalue weighted by Crippen LogP contribution is -1.90. The predicted octanol–water partition coefficient (Wildman–Crippen LogP) is 2.23. The van der Waals surface area contributed by atoms with Gasteiger partial charge in [-0.15, -0.1) is 0 Å². The first-order chi connectivity index (χ1) is 6.66. The molecule has 0 spiro atoms. The van der Waals surface area contributed by atoms with Crippen molar-refractivity contribution < 1.29 is 4.39 Å². The van der Waals surface area contributed by atoms with Crippen molar-refractivity contribution in [3.05, 3.63) is 29.8 Å². The second-order valence-corrected chi connectivity index (χ2v) is 3.63. The van der Waals surface area contributed by atoms with E-state index < -0.39 is 5.82 Å². The quantitative estimate of drug-likeness (QED) is 0.733. The molecule has 3 nitrogen and oxygen atoms in total. The van der Waals surface area contributed by atoms with Crippen molar-refractivity contribution in [2.45, 2.75) is 6.92 Å². The molecule has 0 amide bonds. The summed E-state index contributed by atoms with van der Waals surface area (Å²) in [6.07, 6.45) is 0. The molecule has 14 heavy (non-hydrogen) atoms. The third-order valence-corrected chi connectivity index (χ3v) is 2.63. The van der Waals surface area contributed by atoms with E-state index in [-0.39, 0.29) is 5.69 Å². The number of nitrogens with two attached hydrogens (primary N) is 1. The second-order valence-electron chi connectivity index (χ2n) is 2.88. The van der Waals surface area contributed by atoms with Gasteiger partial charge in [0.2, 0.25) is 0 Å². The maximum atomic E-state index is 12.9. The van der Waals surface area contributed by atoms with E-state index in [1.54, 1.807) is 12.1 Å². The van der Waals surface area contributed by atoms with E-state index in [1.807, 2.05) is 6.92 Å². The SMILES string of the molecule is Cc1nsc(-c2ccc(F)c(N)c2)n1. The maximum Gasteiger partial charge on any atom is 0.146 e. The molecule has 0 aliphatic heterocycles. The molecule has 72 valence electrons. The molecule has 0 bridgehead atoms. The summed E-state index contributed by atoms with van der Waals surface area (Å²) in [6.45, 7) is 1.81. The predicted molar refractivity (Wildman–Crippen MR) is 54.5 cm³/mol. The van der Waals surface area contributed by atoms with E-state index in [0.717, 1.165) is 10.6 Å². The minimum atomic E-state index is -0.407. The lowest BCUT2D eigenvalue weighted by atomic mass is 10.2. The fourth-order valence-electron chi connectivity index (χ4n) is 1.09. The highest BCUT2D eigenvalue weighted by atomic mass is 32.1.